The Morgan fingerprint density at radius 3 is 2.88 bits per heavy atom. The molecular weight excluding hydrogens is 319 g/mol. The van der Waals surface area contributed by atoms with Crippen molar-refractivity contribution >= 4 is 28.5 Å². The molecule has 1 saturated carbocycles. The lowest BCUT2D eigenvalue weighted by Crippen LogP contribution is -2.30. The number of rotatable bonds is 3. The van der Waals surface area contributed by atoms with Gasteiger partial charge in [-0.3, -0.25) is 4.79 Å². The monoisotopic (exact) mass is 332 g/mol. The Labute approximate surface area is 108 Å². The van der Waals surface area contributed by atoms with Gasteiger partial charge in [-0.05, 0) is 41.5 Å². The zero-order valence-corrected chi connectivity index (χ0v) is 11.4. The van der Waals surface area contributed by atoms with Crippen LogP contribution in [0.25, 0.3) is 0 Å². The summed E-state index contributed by atoms with van der Waals surface area (Å²) in [6.07, 6.45) is 3.84. The molecule has 0 N–H and O–H groups in total. The molecule has 0 saturated heterocycles. The standard InChI is InChI=1S/C11H13IN2O2/c1-14(7-3-4-7)11(15)9-8(12)5-6-13-10(9)16-2/h5-7H,3-4H2,1-2H3. The number of pyridine rings is 1. The van der Waals surface area contributed by atoms with Crippen molar-refractivity contribution in [2.45, 2.75) is 18.9 Å². The summed E-state index contributed by atoms with van der Waals surface area (Å²) < 4.78 is 6.01. The van der Waals surface area contributed by atoms with E-state index in [0.29, 0.717) is 17.5 Å². The van der Waals surface area contributed by atoms with Gasteiger partial charge in [-0.1, -0.05) is 0 Å². The summed E-state index contributed by atoms with van der Waals surface area (Å²) in [4.78, 5) is 18.1. The van der Waals surface area contributed by atoms with E-state index in [1.165, 1.54) is 7.11 Å². The van der Waals surface area contributed by atoms with E-state index in [4.69, 9.17) is 4.74 Å². The maximum absolute atomic E-state index is 12.2. The van der Waals surface area contributed by atoms with Gasteiger partial charge in [0, 0.05) is 22.9 Å². The summed E-state index contributed by atoms with van der Waals surface area (Å²) in [5.74, 6) is 0.404. The first-order chi connectivity index (χ1) is 7.65. The van der Waals surface area contributed by atoms with Crippen molar-refractivity contribution in [1.82, 2.24) is 9.88 Å². The van der Waals surface area contributed by atoms with E-state index in [1.807, 2.05) is 13.1 Å². The van der Waals surface area contributed by atoms with E-state index in [1.54, 1.807) is 11.1 Å². The van der Waals surface area contributed by atoms with Gasteiger partial charge in [0.1, 0.15) is 5.56 Å². The molecule has 1 aliphatic rings. The zero-order chi connectivity index (χ0) is 11.7. The molecule has 1 aromatic rings. The predicted molar refractivity (Wildman–Crippen MR) is 68.6 cm³/mol. The first kappa shape index (κ1) is 11.6. The fraction of sp³-hybridized carbons (Fsp3) is 0.455. The highest BCUT2D eigenvalue weighted by atomic mass is 127. The summed E-state index contributed by atoms with van der Waals surface area (Å²) in [6.45, 7) is 0. The fourth-order valence-corrected chi connectivity index (χ4v) is 2.20. The van der Waals surface area contributed by atoms with Crippen molar-refractivity contribution in [1.29, 1.82) is 0 Å². The molecule has 16 heavy (non-hydrogen) atoms. The first-order valence-electron chi connectivity index (χ1n) is 5.10. The number of halogens is 1. The maximum atomic E-state index is 12.2. The van der Waals surface area contributed by atoms with E-state index in [0.717, 1.165) is 16.4 Å². The minimum atomic E-state index is -0.00292. The van der Waals surface area contributed by atoms with Gasteiger partial charge < -0.3 is 9.64 Å². The Balaban J connectivity index is 2.34. The van der Waals surface area contributed by atoms with Gasteiger partial charge >= 0.3 is 0 Å². The average Bonchev–Trinajstić information content (AvgIpc) is 3.10. The van der Waals surface area contributed by atoms with Crippen LogP contribution in [0, 0.1) is 3.57 Å². The number of aromatic nitrogens is 1. The van der Waals surface area contributed by atoms with Crippen molar-refractivity contribution in [3.8, 4) is 5.88 Å². The number of hydrogen-bond donors (Lipinski definition) is 0. The van der Waals surface area contributed by atoms with Gasteiger partial charge in [-0.2, -0.15) is 0 Å². The highest BCUT2D eigenvalue weighted by molar-refractivity contribution is 14.1. The van der Waals surface area contributed by atoms with Gasteiger partial charge in [0.25, 0.3) is 5.91 Å². The highest BCUT2D eigenvalue weighted by Gasteiger charge is 2.32. The van der Waals surface area contributed by atoms with Crippen LogP contribution in [0.2, 0.25) is 0 Å². The molecule has 4 nitrogen and oxygen atoms in total. The SMILES string of the molecule is COc1nccc(I)c1C(=O)N(C)C1CC1. The van der Waals surface area contributed by atoms with Crippen LogP contribution in [0.15, 0.2) is 12.3 Å². The van der Waals surface area contributed by atoms with Crippen molar-refractivity contribution in [3.05, 3.63) is 21.4 Å². The minimum absolute atomic E-state index is 0.00292. The smallest absolute Gasteiger partial charge is 0.260 e. The quantitative estimate of drug-likeness (QED) is 0.795. The fourth-order valence-electron chi connectivity index (χ4n) is 1.57. The van der Waals surface area contributed by atoms with Crippen LogP contribution in [0.3, 0.4) is 0 Å². The number of ether oxygens (including phenoxy) is 1. The van der Waals surface area contributed by atoms with Gasteiger partial charge in [0.15, 0.2) is 0 Å². The lowest BCUT2D eigenvalue weighted by molar-refractivity contribution is 0.0779. The van der Waals surface area contributed by atoms with E-state index in [2.05, 4.69) is 27.6 Å². The molecule has 86 valence electrons. The topological polar surface area (TPSA) is 42.4 Å². The normalized spacial score (nSPS) is 14.7. The summed E-state index contributed by atoms with van der Waals surface area (Å²) >= 11 is 2.13. The van der Waals surface area contributed by atoms with Crippen LogP contribution in [-0.2, 0) is 0 Å². The van der Waals surface area contributed by atoms with Crippen LogP contribution in [-0.4, -0.2) is 36.0 Å². The molecule has 1 heterocycles. The van der Waals surface area contributed by atoms with E-state index in [-0.39, 0.29) is 5.91 Å². The molecule has 2 rings (SSSR count). The molecule has 0 aromatic carbocycles. The third-order valence-electron chi connectivity index (χ3n) is 2.69. The highest BCUT2D eigenvalue weighted by Crippen LogP contribution is 2.29. The number of nitrogens with zero attached hydrogens (tertiary/aromatic N) is 2. The van der Waals surface area contributed by atoms with E-state index >= 15 is 0 Å². The number of methoxy groups -OCH3 is 1. The molecule has 0 spiro atoms. The Hall–Kier alpha value is -0.850. The largest absolute Gasteiger partial charge is 0.480 e. The second-order valence-electron chi connectivity index (χ2n) is 3.82. The van der Waals surface area contributed by atoms with Crippen LogP contribution in [0.4, 0.5) is 0 Å². The lowest BCUT2D eigenvalue weighted by Gasteiger charge is -2.18. The predicted octanol–water partition coefficient (Wildman–Crippen LogP) is 1.93. The van der Waals surface area contributed by atoms with Crippen molar-refractivity contribution in [2.24, 2.45) is 0 Å². The van der Waals surface area contributed by atoms with Crippen LogP contribution in [0.1, 0.15) is 23.2 Å². The molecule has 1 aromatic heterocycles. The number of carbonyl (C=O) groups is 1. The van der Waals surface area contributed by atoms with Gasteiger partial charge in [-0.15, -0.1) is 0 Å². The van der Waals surface area contributed by atoms with Gasteiger partial charge in [0.2, 0.25) is 5.88 Å². The van der Waals surface area contributed by atoms with Crippen LogP contribution >= 0.6 is 22.6 Å². The molecule has 1 fully saturated rings. The Morgan fingerprint density at radius 1 is 1.62 bits per heavy atom. The third kappa shape index (κ3) is 2.14. The third-order valence-corrected chi connectivity index (χ3v) is 3.59. The molecule has 0 bridgehead atoms. The maximum Gasteiger partial charge on any atom is 0.260 e. The Bertz CT molecular complexity index is 418. The summed E-state index contributed by atoms with van der Waals surface area (Å²) in [5.41, 5.74) is 0.569. The minimum Gasteiger partial charge on any atom is -0.480 e. The molecule has 1 aliphatic carbocycles. The Morgan fingerprint density at radius 2 is 2.31 bits per heavy atom. The summed E-state index contributed by atoms with van der Waals surface area (Å²) in [6, 6.07) is 2.21. The second kappa shape index (κ2) is 4.57. The summed E-state index contributed by atoms with van der Waals surface area (Å²) in [5, 5.41) is 0. The average molecular weight is 332 g/mol. The molecule has 0 atom stereocenters. The first-order valence-corrected chi connectivity index (χ1v) is 6.18. The number of hydrogen-bond acceptors (Lipinski definition) is 3. The van der Waals surface area contributed by atoms with Gasteiger partial charge in [-0.25, -0.2) is 4.98 Å². The lowest BCUT2D eigenvalue weighted by atomic mass is 10.2. The molecular formula is C11H13IN2O2. The van der Waals surface area contributed by atoms with Crippen molar-refractivity contribution in [3.63, 3.8) is 0 Å². The molecule has 1 amide bonds. The molecule has 5 heteroatoms. The van der Waals surface area contributed by atoms with Crippen molar-refractivity contribution < 1.29 is 9.53 Å². The number of carbonyl (C=O) groups excluding carboxylic acids is 1. The van der Waals surface area contributed by atoms with Crippen molar-refractivity contribution in [2.75, 3.05) is 14.2 Å². The molecule has 0 unspecified atom stereocenters. The second-order valence-corrected chi connectivity index (χ2v) is 4.99. The van der Waals surface area contributed by atoms with E-state index < -0.39 is 0 Å². The summed E-state index contributed by atoms with van der Waals surface area (Å²) in [7, 11) is 3.37. The van der Waals surface area contributed by atoms with Crippen LogP contribution < -0.4 is 4.74 Å². The van der Waals surface area contributed by atoms with E-state index in [9.17, 15) is 4.79 Å². The molecule has 0 aliphatic heterocycles. The van der Waals surface area contributed by atoms with Gasteiger partial charge in [0.05, 0.1) is 7.11 Å². The molecule has 0 radical (unpaired) electrons. The number of amides is 1. The van der Waals surface area contributed by atoms with Crippen LogP contribution in [0.5, 0.6) is 5.88 Å². The Kier molecular flexibility index (Phi) is 3.32. The zero-order valence-electron chi connectivity index (χ0n) is 9.24.